The Morgan fingerprint density at radius 1 is 0.822 bits per heavy atom. The predicted octanol–water partition coefficient (Wildman–Crippen LogP) is 7.40. The van der Waals surface area contributed by atoms with Crippen molar-refractivity contribution in [3.63, 3.8) is 0 Å². The first-order valence-electron chi connectivity index (χ1n) is 14.4. The largest absolute Gasteiger partial charge is 0.352 e. The van der Waals surface area contributed by atoms with Crippen molar-refractivity contribution in [2.75, 3.05) is 10.8 Å². The second-order valence-electron chi connectivity index (χ2n) is 10.6. The highest BCUT2D eigenvalue weighted by atomic mass is 35.5. The van der Waals surface area contributed by atoms with Crippen molar-refractivity contribution in [1.82, 2.24) is 10.2 Å². The normalized spacial score (nSPS) is 12.6. The first kappa shape index (κ1) is 34.3. The Morgan fingerprint density at radius 3 is 2.13 bits per heavy atom. The number of halogens is 3. The fourth-order valence-electron chi connectivity index (χ4n) is 4.70. The number of amides is 2. The Hall–Kier alpha value is -3.56. The topological polar surface area (TPSA) is 86.8 Å². The summed E-state index contributed by atoms with van der Waals surface area (Å²) in [4.78, 5) is 29.7. The summed E-state index contributed by atoms with van der Waals surface area (Å²) in [6, 6.07) is 27.2. The Morgan fingerprint density at radius 2 is 1.49 bits per heavy atom. The van der Waals surface area contributed by atoms with Crippen LogP contribution in [-0.2, 0) is 32.6 Å². The molecule has 0 spiro atoms. The van der Waals surface area contributed by atoms with E-state index in [9.17, 15) is 18.0 Å². The van der Waals surface area contributed by atoms with Crippen LogP contribution in [0.1, 0.15) is 31.4 Å². The lowest BCUT2D eigenvalue weighted by molar-refractivity contribution is -0.140. The van der Waals surface area contributed by atoms with Gasteiger partial charge in [0.1, 0.15) is 12.6 Å². The maximum absolute atomic E-state index is 14.5. The SMILES string of the molecule is CC[C@@H](C)NC(=O)[C@H](Cc1ccccc1)N(Cc1ccccc1Cl)C(=O)CN(c1cccc(Cl)c1)S(=O)(=O)c1ccc(Cl)cc1. The molecule has 4 aromatic carbocycles. The highest BCUT2D eigenvalue weighted by molar-refractivity contribution is 7.92. The number of hydrogen-bond donors (Lipinski definition) is 1. The van der Waals surface area contributed by atoms with Gasteiger partial charge in [0, 0.05) is 34.1 Å². The van der Waals surface area contributed by atoms with E-state index in [1.54, 1.807) is 42.5 Å². The third-order valence-corrected chi connectivity index (χ3v) is 9.99. The molecular formula is C34H34Cl3N3O4S. The van der Waals surface area contributed by atoms with Gasteiger partial charge in [0.15, 0.2) is 0 Å². The zero-order valence-corrected chi connectivity index (χ0v) is 28.0. The zero-order chi connectivity index (χ0) is 32.6. The Kier molecular flexibility index (Phi) is 11.9. The van der Waals surface area contributed by atoms with Gasteiger partial charge in [0.05, 0.1) is 10.6 Å². The Labute approximate surface area is 279 Å². The van der Waals surface area contributed by atoms with Crippen molar-refractivity contribution in [3.8, 4) is 0 Å². The summed E-state index contributed by atoms with van der Waals surface area (Å²) in [6.45, 7) is 3.19. The summed E-state index contributed by atoms with van der Waals surface area (Å²) in [5.41, 5.74) is 1.63. The molecule has 0 saturated carbocycles. The van der Waals surface area contributed by atoms with Crippen LogP contribution in [0.25, 0.3) is 0 Å². The molecule has 0 heterocycles. The van der Waals surface area contributed by atoms with Gasteiger partial charge >= 0.3 is 0 Å². The quantitative estimate of drug-likeness (QED) is 0.159. The van der Waals surface area contributed by atoms with Gasteiger partial charge in [-0.3, -0.25) is 13.9 Å². The van der Waals surface area contributed by atoms with E-state index in [4.69, 9.17) is 34.8 Å². The average Bonchev–Trinajstić information content (AvgIpc) is 3.02. The molecule has 4 rings (SSSR count). The maximum Gasteiger partial charge on any atom is 0.264 e. The lowest BCUT2D eigenvalue weighted by Gasteiger charge is -2.34. The van der Waals surface area contributed by atoms with E-state index < -0.39 is 28.5 Å². The molecule has 11 heteroatoms. The van der Waals surface area contributed by atoms with Crippen LogP contribution in [0.5, 0.6) is 0 Å². The number of nitrogens with one attached hydrogen (secondary N) is 1. The van der Waals surface area contributed by atoms with Crippen LogP contribution in [0.4, 0.5) is 5.69 Å². The molecule has 0 saturated heterocycles. The molecule has 236 valence electrons. The summed E-state index contributed by atoms with van der Waals surface area (Å²) in [6.07, 6.45) is 0.880. The Balaban J connectivity index is 1.82. The van der Waals surface area contributed by atoms with Crippen LogP contribution in [0.15, 0.2) is 108 Å². The molecule has 0 aliphatic carbocycles. The molecule has 2 amide bonds. The first-order chi connectivity index (χ1) is 21.5. The van der Waals surface area contributed by atoms with Crippen LogP contribution in [0, 0.1) is 0 Å². The lowest BCUT2D eigenvalue weighted by atomic mass is 10.0. The highest BCUT2D eigenvalue weighted by Gasteiger charge is 2.35. The number of anilines is 1. The minimum absolute atomic E-state index is 0.0334. The van der Waals surface area contributed by atoms with Gasteiger partial charge in [-0.2, -0.15) is 0 Å². The van der Waals surface area contributed by atoms with Gasteiger partial charge in [-0.1, -0.05) is 96.3 Å². The molecule has 45 heavy (non-hydrogen) atoms. The molecule has 0 aromatic heterocycles. The van der Waals surface area contributed by atoms with Gasteiger partial charge in [0.25, 0.3) is 10.0 Å². The first-order valence-corrected chi connectivity index (χ1v) is 17.0. The summed E-state index contributed by atoms with van der Waals surface area (Å²) in [5.74, 6) is -0.962. The third-order valence-electron chi connectivity index (χ3n) is 7.35. The van der Waals surface area contributed by atoms with E-state index in [0.717, 1.165) is 9.87 Å². The highest BCUT2D eigenvalue weighted by Crippen LogP contribution is 2.28. The van der Waals surface area contributed by atoms with Gasteiger partial charge < -0.3 is 10.2 Å². The number of hydrogen-bond acceptors (Lipinski definition) is 4. The van der Waals surface area contributed by atoms with Gasteiger partial charge in [0.2, 0.25) is 11.8 Å². The monoisotopic (exact) mass is 685 g/mol. The summed E-state index contributed by atoms with van der Waals surface area (Å²) in [7, 11) is -4.28. The number of carbonyl (C=O) groups excluding carboxylic acids is 2. The van der Waals surface area contributed by atoms with Gasteiger partial charge in [-0.05, 0) is 73.0 Å². The summed E-state index contributed by atoms with van der Waals surface area (Å²) in [5, 5.41) is 4.08. The molecule has 1 N–H and O–H groups in total. The maximum atomic E-state index is 14.5. The van der Waals surface area contributed by atoms with Crippen molar-refractivity contribution in [2.45, 2.75) is 50.2 Å². The fraction of sp³-hybridized carbons (Fsp3) is 0.235. The number of rotatable bonds is 13. The van der Waals surface area contributed by atoms with Crippen LogP contribution in [0.3, 0.4) is 0 Å². The van der Waals surface area contributed by atoms with Gasteiger partial charge in [-0.15, -0.1) is 0 Å². The molecule has 4 aromatic rings. The molecular weight excluding hydrogens is 653 g/mol. The van der Waals surface area contributed by atoms with Crippen molar-refractivity contribution >= 4 is 62.3 Å². The number of carbonyl (C=O) groups is 2. The Bertz CT molecular complexity index is 1720. The molecule has 0 unspecified atom stereocenters. The molecule has 0 radical (unpaired) electrons. The molecule has 2 atom stereocenters. The fourth-order valence-corrected chi connectivity index (χ4v) is 6.61. The van der Waals surface area contributed by atoms with Crippen LogP contribution in [0.2, 0.25) is 15.1 Å². The number of benzene rings is 4. The number of sulfonamides is 1. The van der Waals surface area contributed by atoms with Crippen LogP contribution < -0.4 is 9.62 Å². The van der Waals surface area contributed by atoms with E-state index >= 15 is 0 Å². The van der Waals surface area contributed by atoms with Crippen molar-refractivity contribution in [2.24, 2.45) is 0 Å². The standard InChI is InChI=1S/C34H34Cl3N3O4S/c1-3-24(2)38-34(42)32(20-25-10-5-4-6-11-25)39(22-26-12-7-8-15-31(26)37)33(41)23-40(29-14-9-13-28(36)21-29)45(43,44)30-18-16-27(35)17-19-30/h4-19,21,24,32H,3,20,22-23H2,1-2H3,(H,38,42)/t24-,32+/m1/s1. The second-order valence-corrected chi connectivity index (χ2v) is 13.7. The van der Waals surface area contributed by atoms with E-state index in [1.807, 2.05) is 44.2 Å². The van der Waals surface area contributed by atoms with E-state index in [1.165, 1.54) is 35.2 Å². The smallest absolute Gasteiger partial charge is 0.264 e. The predicted molar refractivity (Wildman–Crippen MR) is 181 cm³/mol. The second kappa shape index (κ2) is 15.6. The van der Waals surface area contributed by atoms with Crippen molar-refractivity contribution in [1.29, 1.82) is 0 Å². The van der Waals surface area contributed by atoms with Gasteiger partial charge in [-0.25, -0.2) is 8.42 Å². The van der Waals surface area contributed by atoms with Crippen LogP contribution >= 0.6 is 34.8 Å². The minimum atomic E-state index is -4.28. The minimum Gasteiger partial charge on any atom is -0.352 e. The summed E-state index contributed by atoms with van der Waals surface area (Å²) < 4.78 is 29.1. The van der Waals surface area contributed by atoms with Crippen LogP contribution in [-0.4, -0.2) is 43.8 Å². The summed E-state index contributed by atoms with van der Waals surface area (Å²) >= 11 is 18.8. The van der Waals surface area contributed by atoms with Crippen molar-refractivity contribution < 1.29 is 18.0 Å². The third kappa shape index (κ3) is 9.01. The molecule has 0 bridgehead atoms. The zero-order valence-electron chi connectivity index (χ0n) is 24.9. The molecule has 0 fully saturated rings. The molecule has 0 aliphatic heterocycles. The molecule has 0 aliphatic rings. The van der Waals surface area contributed by atoms with E-state index in [-0.39, 0.29) is 35.5 Å². The van der Waals surface area contributed by atoms with E-state index in [0.29, 0.717) is 27.1 Å². The van der Waals surface area contributed by atoms with E-state index in [2.05, 4.69) is 5.32 Å². The van der Waals surface area contributed by atoms with Crippen molar-refractivity contribution in [3.05, 3.63) is 129 Å². The lowest BCUT2D eigenvalue weighted by Crippen LogP contribution is -2.54. The number of nitrogens with zero attached hydrogens (tertiary/aromatic N) is 2. The average molecular weight is 687 g/mol. The molecule has 7 nitrogen and oxygen atoms in total.